The van der Waals surface area contributed by atoms with Gasteiger partial charge in [-0.05, 0) is 66.2 Å². The summed E-state index contributed by atoms with van der Waals surface area (Å²) in [4.78, 5) is 53.2. The lowest BCUT2D eigenvalue weighted by molar-refractivity contribution is -0.132. The molecule has 0 aromatic heterocycles. The lowest BCUT2D eigenvalue weighted by Gasteiger charge is -2.26. The van der Waals surface area contributed by atoms with E-state index in [9.17, 15) is 33.8 Å². The maximum Gasteiger partial charge on any atom is 0.300 e. The Bertz CT molecular complexity index is 1450. The number of methoxy groups -OCH3 is 1. The van der Waals surface area contributed by atoms with Crippen LogP contribution in [0.25, 0.3) is 5.76 Å². The number of carbonyl (C=O) groups excluding carboxylic acids is 4. The summed E-state index contributed by atoms with van der Waals surface area (Å²) in [5.41, 5.74) is 0.804. The maximum absolute atomic E-state index is 13.7. The van der Waals surface area contributed by atoms with Gasteiger partial charge in [0.05, 0.1) is 31.9 Å². The van der Waals surface area contributed by atoms with Crippen LogP contribution in [0.2, 0.25) is 0 Å². The monoisotopic (exact) mass is 532 g/mol. The highest BCUT2D eigenvalue weighted by Gasteiger charge is 2.47. The SMILES string of the molecule is COc1ccc(C(O)=C2C(=O)C(=O)N(c3ccc(C(=O)N(CCO)C(C)=O)cc3)C2c2ccc(F)cc2)cc1. The first-order valence-electron chi connectivity index (χ1n) is 11.9. The van der Waals surface area contributed by atoms with E-state index in [0.717, 1.165) is 9.80 Å². The predicted octanol–water partition coefficient (Wildman–Crippen LogP) is 3.44. The standard InChI is InChI=1S/C29H25FN2O7/c1-17(34)31(15-16-33)28(37)20-5-11-22(12-6-20)32-25(18-3-9-21(30)10-4-18)24(27(36)29(32)38)26(35)19-7-13-23(39-2)14-8-19/h3-14,25,33,35H,15-16H2,1-2H3. The summed E-state index contributed by atoms with van der Waals surface area (Å²) in [5.74, 6) is -3.46. The van der Waals surface area contributed by atoms with E-state index in [1.807, 2.05) is 0 Å². The second-order valence-corrected chi connectivity index (χ2v) is 8.70. The summed E-state index contributed by atoms with van der Waals surface area (Å²) >= 11 is 0. The number of ether oxygens (including phenoxy) is 1. The van der Waals surface area contributed by atoms with Crippen molar-refractivity contribution < 1.29 is 38.5 Å². The lowest BCUT2D eigenvalue weighted by Crippen LogP contribution is -2.37. The molecule has 4 rings (SSSR count). The lowest BCUT2D eigenvalue weighted by atomic mass is 9.95. The number of anilines is 1. The molecule has 0 radical (unpaired) electrons. The number of benzene rings is 3. The molecule has 3 amide bonds. The normalized spacial score (nSPS) is 16.3. The van der Waals surface area contributed by atoms with E-state index in [-0.39, 0.29) is 28.9 Å². The van der Waals surface area contributed by atoms with Crippen LogP contribution in [0.5, 0.6) is 5.75 Å². The van der Waals surface area contributed by atoms with E-state index in [2.05, 4.69) is 0 Å². The van der Waals surface area contributed by atoms with Crippen LogP contribution in [0.4, 0.5) is 10.1 Å². The third-order valence-electron chi connectivity index (χ3n) is 6.33. The summed E-state index contributed by atoms with van der Waals surface area (Å²) < 4.78 is 18.9. The molecule has 1 atom stereocenters. The molecule has 0 spiro atoms. The van der Waals surface area contributed by atoms with Crippen molar-refractivity contribution in [2.45, 2.75) is 13.0 Å². The van der Waals surface area contributed by atoms with Crippen molar-refractivity contribution in [2.75, 3.05) is 25.2 Å². The van der Waals surface area contributed by atoms with Gasteiger partial charge < -0.3 is 14.9 Å². The van der Waals surface area contributed by atoms with E-state index in [1.54, 1.807) is 12.1 Å². The van der Waals surface area contributed by atoms with Gasteiger partial charge in [-0.1, -0.05) is 12.1 Å². The molecule has 0 bridgehead atoms. The number of aliphatic hydroxyl groups excluding tert-OH is 2. The van der Waals surface area contributed by atoms with Gasteiger partial charge in [-0.15, -0.1) is 0 Å². The molecule has 0 aliphatic carbocycles. The van der Waals surface area contributed by atoms with Crippen molar-refractivity contribution in [3.8, 4) is 5.75 Å². The van der Waals surface area contributed by atoms with Gasteiger partial charge >= 0.3 is 0 Å². The van der Waals surface area contributed by atoms with Crippen LogP contribution < -0.4 is 9.64 Å². The number of halogens is 1. The molecule has 39 heavy (non-hydrogen) atoms. The van der Waals surface area contributed by atoms with Crippen LogP contribution in [-0.2, 0) is 14.4 Å². The van der Waals surface area contributed by atoms with Gasteiger partial charge in [0.25, 0.3) is 17.6 Å². The molecule has 1 heterocycles. The van der Waals surface area contributed by atoms with Gasteiger partial charge in [0.15, 0.2) is 0 Å². The van der Waals surface area contributed by atoms with E-state index in [4.69, 9.17) is 4.74 Å². The first kappa shape index (κ1) is 27.2. The molecule has 1 saturated heterocycles. The number of imide groups is 1. The van der Waals surface area contributed by atoms with Crippen LogP contribution in [0, 0.1) is 5.82 Å². The van der Waals surface area contributed by atoms with E-state index < -0.39 is 47.7 Å². The minimum atomic E-state index is -1.10. The molecule has 2 N–H and O–H groups in total. The van der Waals surface area contributed by atoms with Gasteiger partial charge in [-0.2, -0.15) is 0 Å². The number of nitrogens with zero attached hydrogens (tertiary/aromatic N) is 2. The number of hydrogen-bond donors (Lipinski definition) is 2. The highest BCUT2D eigenvalue weighted by atomic mass is 19.1. The zero-order valence-corrected chi connectivity index (χ0v) is 21.1. The summed E-state index contributed by atoms with van der Waals surface area (Å²) in [6.07, 6.45) is 0. The molecule has 9 nitrogen and oxygen atoms in total. The van der Waals surface area contributed by atoms with Crippen LogP contribution in [0.3, 0.4) is 0 Å². The molecule has 10 heteroatoms. The summed E-state index contributed by atoms with van der Waals surface area (Å²) in [7, 11) is 1.48. The third kappa shape index (κ3) is 5.27. The van der Waals surface area contributed by atoms with Gasteiger partial charge in [-0.3, -0.25) is 29.0 Å². The fraction of sp³-hybridized carbons (Fsp3) is 0.172. The molecule has 1 aliphatic heterocycles. The predicted molar refractivity (Wildman–Crippen MR) is 139 cm³/mol. The highest BCUT2D eigenvalue weighted by Crippen LogP contribution is 2.42. The molecular weight excluding hydrogens is 507 g/mol. The molecule has 0 saturated carbocycles. The summed E-state index contributed by atoms with van der Waals surface area (Å²) in [6.45, 7) is 0.618. The Kier molecular flexibility index (Phi) is 7.87. The number of hydrogen-bond acceptors (Lipinski definition) is 7. The molecule has 3 aromatic rings. The summed E-state index contributed by atoms with van der Waals surface area (Å²) in [6, 6.07) is 16.0. The highest BCUT2D eigenvalue weighted by molar-refractivity contribution is 6.51. The molecule has 1 aliphatic rings. The number of carbonyl (C=O) groups is 4. The molecule has 3 aromatic carbocycles. The van der Waals surface area contributed by atoms with Crippen molar-refractivity contribution >= 4 is 35.0 Å². The number of Topliss-reactive ketones (excluding diaryl/α,β-unsaturated/α-hetero) is 1. The maximum atomic E-state index is 13.7. The first-order chi connectivity index (χ1) is 18.7. The van der Waals surface area contributed by atoms with Crippen molar-refractivity contribution in [1.82, 2.24) is 4.90 Å². The smallest absolute Gasteiger partial charge is 0.300 e. The number of amides is 3. The van der Waals surface area contributed by atoms with Crippen LogP contribution in [0.1, 0.15) is 34.5 Å². The number of ketones is 1. The molecule has 1 unspecified atom stereocenters. The third-order valence-corrected chi connectivity index (χ3v) is 6.33. The largest absolute Gasteiger partial charge is 0.507 e. The fourth-order valence-electron chi connectivity index (χ4n) is 4.39. The van der Waals surface area contributed by atoms with Crippen LogP contribution >= 0.6 is 0 Å². The van der Waals surface area contributed by atoms with Crippen molar-refractivity contribution in [3.05, 3.63) is 101 Å². The first-order valence-corrected chi connectivity index (χ1v) is 11.9. The Morgan fingerprint density at radius 3 is 2.08 bits per heavy atom. The van der Waals surface area contributed by atoms with Crippen LogP contribution in [-0.4, -0.2) is 58.9 Å². The minimum Gasteiger partial charge on any atom is -0.507 e. The van der Waals surface area contributed by atoms with Crippen LogP contribution in [0.15, 0.2) is 78.4 Å². The summed E-state index contributed by atoms with van der Waals surface area (Å²) in [5, 5.41) is 20.3. The zero-order chi connectivity index (χ0) is 28.3. The van der Waals surface area contributed by atoms with Gasteiger partial charge in [0, 0.05) is 23.7 Å². The fourth-order valence-corrected chi connectivity index (χ4v) is 4.39. The van der Waals surface area contributed by atoms with Crippen molar-refractivity contribution in [1.29, 1.82) is 0 Å². The van der Waals surface area contributed by atoms with E-state index >= 15 is 0 Å². The van der Waals surface area contributed by atoms with Crippen molar-refractivity contribution in [2.24, 2.45) is 0 Å². The topological polar surface area (TPSA) is 124 Å². The zero-order valence-electron chi connectivity index (χ0n) is 21.1. The Morgan fingerprint density at radius 1 is 0.949 bits per heavy atom. The molecule has 200 valence electrons. The second-order valence-electron chi connectivity index (χ2n) is 8.70. The average Bonchev–Trinajstić information content (AvgIpc) is 3.21. The Hall–Kier alpha value is -4.83. The number of aliphatic hydroxyl groups is 2. The van der Waals surface area contributed by atoms with Gasteiger partial charge in [0.2, 0.25) is 5.91 Å². The Labute approximate surface area is 223 Å². The second kappa shape index (κ2) is 11.3. The minimum absolute atomic E-state index is 0.121. The van der Waals surface area contributed by atoms with Gasteiger partial charge in [-0.25, -0.2) is 4.39 Å². The molecular formula is C29H25FN2O7. The Morgan fingerprint density at radius 2 is 1.54 bits per heavy atom. The Balaban J connectivity index is 1.80. The van der Waals surface area contributed by atoms with Crippen molar-refractivity contribution in [3.63, 3.8) is 0 Å². The molecule has 1 fully saturated rings. The van der Waals surface area contributed by atoms with E-state index in [0.29, 0.717) is 11.3 Å². The quantitative estimate of drug-likeness (QED) is 0.271. The number of rotatable bonds is 7. The average molecular weight is 533 g/mol. The van der Waals surface area contributed by atoms with Gasteiger partial charge in [0.1, 0.15) is 17.3 Å². The van der Waals surface area contributed by atoms with E-state index in [1.165, 1.54) is 74.7 Å².